The molecule has 2 rings (SSSR count). The maximum Gasteiger partial charge on any atom is 0.227 e. The number of rotatable bonds is 6. The van der Waals surface area contributed by atoms with E-state index in [1.165, 1.54) is 0 Å². The minimum atomic E-state index is -0.123. The van der Waals surface area contributed by atoms with Crippen LogP contribution in [0.25, 0.3) is 0 Å². The van der Waals surface area contributed by atoms with Crippen molar-refractivity contribution in [1.82, 2.24) is 0 Å². The van der Waals surface area contributed by atoms with Gasteiger partial charge in [-0.2, -0.15) is 0 Å². The van der Waals surface area contributed by atoms with E-state index >= 15 is 0 Å². The molecule has 5 heteroatoms. The van der Waals surface area contributed by atoms with Crippen molar-refractivity contribution in [2.24, 2.45) is 0 Å². The summed E-state index contributed by atoms with van der Waals surface area (Å²) in [6.45, 7) is 0.286. The molecule has 0 atom stereocenters. The number of anilines is 2. The highest BCUT2D eigenvalue weighted by Crippen LogP contribution is 2.13. The average molecular weight is 286 g/mol. The van der Waals surface area contributed by atoms with Gasteiger partial charge in [0.25, 0.3) is 0 Å². The molecular formula is C16H18N2O3. The Hall–Kier alpha value is -2.53. The molecule has 0 fully saturated rings. The van der Waals surface area contributed by atoms with E-state index in [4.69, 9.17) is 15.6 Å². The van der Waals surface area contributed by atoms with Crippen molar-refractivity contribution in [3.05, 3.63) is 54.1 Å². The summed E-state index contributed by atoms with van der Waals surface area (Å²) in [7, 11) is 0. The number of hydrogen-bond acceptors (Lipinski definition) is 4. The van der Waals surface area contributed by atoms with Gasteiger partial charge in [0.2, 0.25) is 5.91 Å². The van der Waals surface area contributed by atoms with Crippen LogP contribution >= 0.6 is 0 Å². The van der Waals surface area contributed by atoms with Gasteiger partial charge in [0.05, 0.1) is 19.6 Å². The standard InChI is InChI=1S/C16H18N2O3/c17-13-3-7-15(8-4-13)21-10-9-16(20)18-14-5-1-12(11-19)2-6-14/h1-8,19H,9-11,17H2,(H,18,20). The van der Waals surface area contributed by atoms with E-state index in [-0.39, 0.29) is 18.9 Å². The Bertz CT molecular complexity index is 579. The molecule has 5 nitrogen and oxygen atoms in total. The van der Waals surface area contributed by atoms with Crippen LogP contribution in [0.15, 0.2) is 48.5 Å². The number of benzene rings is 2. The van der Waals surface area contributed by atoms with Gasteiger partial charge in [-0.25, -0.2) is 0 Å². The minimum Gasteiger partial charge on any atom is -0.493 e. The van der Waals surface area contributed by atoms with Crippen molar-refractivity contribution in [2.45, 2.75) is 13.0 Å². The van der Waals surface area contributed by atoms with Gasteiger partial charge in [0.15, 0.2) is 0 Å². The highest BCUT2D eigenvalue weighted by atomic mass is 16.5. The maximum atomic E-state index is 11.8. The van der Waals surface area contributed by atoms with Crippen LogP contribution in [0, 0.1) is 0 Å². The number of hydrogen-bond donors (Lipinski definition) is 3. The SMILES string of the molecule is Nc1ccc(OCCC(=O)Nc2ccc(CO)cc2)cc1. The lowest BCUT2D eigenvalue weighted by Gasteiger charge is -2.08. The summed E-state index contributed by atoms with van der Waals surface area (Å²) in [5, 5.41) is 11.7. The molecule has 0 bridgehead atoms. The number of nitrogens with one attached hydrogen (secondary N) is 1. The molecule has 0 radical (unpaired) electrons. The van der Waals surface area contributed by atoms with Gasteiger partial charge in [-0.05, 0) is 42.0 Å². The molecule has 0 heterocycles. The summed E-state index contributed by atoms with van der Waals surface area (Å²) in [5.41, 5.74) is 7.75. The minimum absolute atomic E-state index is 0.0103. The number of aliphatic hydroxyl groups excluding tert-OH is 1. The zero-order valence-electron chi connectivity index (χ0n) is 11.6. The third-order valence-electron chi connectivity index (χ3n) is 2.90. The molecule has 0 saturated heterocycles. The van der Waals surface area contributed by atoms with Crippen LogP contribution in [-0.4, -0.2) is 17.6 Å². The normalized spacial score (nSPS) is 10.1. The van der Waals surface area contributed by atoms with Gasteiger partial charge < -0.3 is 20.9 Å². The van der Waals surface area contributed by atoms with E-state index in [0.29, 0.717) is 23.7 Å². The fraction of sp³-hybridized carbons (Fsp3) is 0.188. The Kier molecular flexibility index (Phi) is 5.17. The molecule has 0 saturated carbocycles. The van der Waals surface area contributed by atoms with Gasteiger partial charge in [0.1, 0.15) is 5.75 Å². The van der Waals surface area contributed by atoms with Crippen molar-refractivity contribution in [3.63, 3.8) is 0 Å². The molecule has 0 spiro atoms. The quantitative estimate of drug-likeness (QED) is 0.710. The zero-order valence-corrected chi connectivity index (χ0v) is 11.6. The van der Waals surface area contributed by atoms with Gasteiger partial charge in [-0.1, -0.05) is 12.1 Å². The average Bonchev–Trinajstić information content (AvgIpc) is 2.50. The summed E-state index contributed by atoms with van der Waals surface area (Å²) >= 11 is 0. The number of carbonyl (C=O) groups excluding carboxylic acids is 1. The van der Waals surface area contributed by atoms with E-state index in [9.17, 15) is 4.79 Å². The Labute approximate surface area is 123 Å². The van der Waals surface area contributed by atoms with E-state index in [0.717, 1.165) is 5.56 Å². The summed E-state index contributed by atoms with van der Waals surface area (Å²) < 4.78 is 5.46. The fourth-order valence-electron chi connectivity index (χ4n) is 1.74. The van der Waals surface area contributed by atoms with Gasteiger partial charge in [-0.3, -0.25) is 4.79 Å². The predicted molar refractivity (Wildman–Crippen MR) is 82.0 cm³/mol. The first kappa shape index (κ1) is 14.9. The summed E-state index contributed by atoms with van der Waals surface area (Å²) in [6.07, 6.45) is 0.256. The molecular weight excluding hydrogens is 268 g/mol. The van der Waals surface area contributed by atoms with Crippen LogP contribution in [0.4, 0.5) is 11.4 Å². The maximum absolute atomic E-state index is 11.8. The highest BCUT2D eigenvalue weighted by Gasteiger charge is 2.03. The molecule has 2 aromatic carbocycles. The van der Waals surface area contributed by atoms with Crippen LogP contribution in [0.5, 0.6) is 5.75 Å². The monoisotopic (exact) mass is 286 g/mol. The van der Waals surface area contributed by atoms with Gasteiger partial charge in [0, 0.05) is 11.4 Å². The van der Waals surface area contributed by atoms with Crippen molar-refractivity contribution in [1.29, 1.82) is 0 Å². The summed E-state index contributed by atoms with van der Waals surface area (Å²) in [4.78, 5) is 11.8. The molecule has 110 valence electrons. The molecule has 2 aromatic rings. The highest BCUT2D eigenvalue weighted by molar-refractivity contribution is 5.90. The molecule has 21 heavy (non-hydrogen) atoms. The summed E-state index contributed by atoms with van der Waals surface area (Å²) in [6, 6.07) is 14.1. The molecule has 0 aliphatic carbocycles. The Morgan fingerprint density at radius 3 is 2.38 bits per heavy atom. The molecule has 0 aliphatic rings. The first-order valence-electron chi connectivity index (χ1n) is 6.65. The number of amides is 1. The molecule has 1 amide bonds. The Morgan fingerprint density at radius 1 is 1.10 bits per heavy atom. The predicted octanol–water partition coefficient (Wildman–Crippen LogP) is 2.17. The number of nitrogens with two attached hydrogens (primary N) is 1. The third-order valence-corrected chi connectivity index (χ3v) is 2.90. The van der Waals surface area contributed by atoms with Crippen LogP contribution in [0.2, 0.25) is 0 Å². The lowest BCUT2D eigenvalue weighted by Crippen LogP contribution is -2.15. The Morgan fingerprint density at radius 2 is 1.76 bits per heavy atom. The van der Waals surface area contributed by atoms with Crippen molar-refractivity contribution >= 4 is 17.3 Å². The second kappa shape index (κ2) is 7.31. The summed E-state index contributed by atoms with van der Waals surface area (Å²) in [5.74, 6) is 0.562. The smallest absolute Gasteiger partial charge is 0.227 e. The van der Waals surface area contributed by atoms with E-state index in [2.05, 4.69) is 5.32 Å². The van der Waals surface area contributed by atoms with Gasteiger partial charge in [-0.15, -0.1) is 0 Å². The molecule has 0 aliphatic heterocycles. The molecule has 4 N–H and O–H groups in total. The van der Waals surface area contributed by atoms with Crippen molar-refractivity contribution < 1.29 is 14.6 Å². The first-order chi connectivity index (χ1) is 10.2. The topological polar surface area (TPSA) is 84.6 Å². The van der Waals surface area contributed by atoms with Crippen LogP contribution in [-0.2, 0) is 11.4 Å². The molecule has 0 aromatic heterocycles. The van der Waals surface area contributed by atoms with E-state index in [1.54, 1.807) is 48.5 Å². The Balaban J connectivity index is 1.75. The second-order valence-electron chi connectivity index (χ2n) is 4.57. The molecule has 0 unspecified atom stereocenters. The van der Waals surface area contributed by atoms with E-state index in [1.807, 2.05) is 0 Å². The first-order valence-corrected chi connectivity index (χ1v) is 6.65. The van der Waals surface area contributed by atoms with E-state index < -0.39 is 0 Å². The van der Waals surface area contributed by atoms with Crippen LogP contribution in [0.1, 0.15) is 12.0 Å². The van der Waals surface area contributed by atoms with Crippen molar-refractivity contribution in [3.8, 4) is 5.75 Å². The van der Waals surface area contributed by atoms with Gasteiger partial charge >= 0.3 is 0 Å². The fourth-order valence-corrected chi connectivity index (χ4v) is 1.74. The largest absolute Gasteiger partial charge is 0.493 e. The van der Waals surface area contributed by atoms with Crippen LogP contribution < -0.4 is 15.8 Å². The number of ether oxygens (including phenoxy) is 1. The lowest BCUT2D eigenvalue weighted by molar-refractivity contribution is -0.116. The number of carbonyl (C=O) groups is 1. The number of aliphatic hydroxyl groups is 1. The van der Waals surface area contributed by atoms with Crippen LogP contribution in [0.3, 0.4) is 0 Å². The van der Waals surface area contributed by atoms with Crippen molar-refractivity contribution in [2.75, 3.05) is 17.7 Å². The third kappa shape index (κ3) is 4.81. The lowest BCUT2D eigenvalue weighted by atomic mass is 10.2. The second-order valence-corrected chi connectivity index (χ2v) is 4.57. The number of nitrogen functional groups attached to an aromatic ring is 1. The zero-order chi connectivity index (χ0) is 15.1.